The molecule has 0 unspecified atom stereocenters. The third-order valence-electron chi connectivity index (χ3n) is 1.65. The van der Waals surface area contributed by atoms with Crippen LogP contribution < -0.4 is 0 Å². The van der Waals surface area contributed by atoms with Gasteiger partial charge in [-0.2, -0.15) is 0 Å². The van der Waals surface area contributed by atoms with E-state index in [0.29, 0.717) is 5.02 Å². The molecule has 0 N–H and O–H groups in total. The average molecular weight is 293 g/mol. The maximum absolute atomic E-state index is 5.92. The second-order valence-electron chi connectivity index (χ2n) is 2.40. The molecule has 2 aromatic rings. The predicted octanol–water partition coefficient (Wildman–Crippen LogP) is 2.23. The van der Waals surface area contributed by atoms with Crippen molar-refractivity contribution in [2.24, 2.45) is 7.05 Å². The van der Waals surface area contributed by atoms with Crippen LogP contribution in [0, 0.1) is 3.83 Å². The number of pyridine rings is 1. The van der Waals surface area contributed by atoms with Crippen molar-refractivity contribution in [3.8, 4) is 0 Å². The minimum atomic E-state index is 0.651. The number of imidazole rings is 1. The highest BCUT2D eigenvalue weighted by Gasteiger charge is 2.08. The van der Waals surface area contributed by atoms with Gasteiger partial charge in [0.1, 0.15) is 5.52 Å². The number of aryl methyl sites for hydroxylation is 1. The van der Waals surface area contributed by atoms with Gasteiger partial charge in [-0.25, -0.2) is 9.97 Å². The molecule has 5 heteroatoms. The molecule has 0 fully saturated rings. The van der Waals surface area contributed by atoms with Crippen LogP contribution in [0.25, 0.3) is 11.2 Å². The molecule has 3 nitrogen and oxygen atoms in total. The molecule has 12 heavy (non-hydrogen) atoms. The van der Waals surface area contributed by atoms with E-state index in [1.54, 1.807) is 12.3 Å². The molecule has 0 aliphatic carbocycles. The largest absolute Gasteiger partial charge is 0.307 e. The van der Waals surface area contributed by atoms with Gasteiger partial charge in [0.25, 0.3) is 0 Å². The first kappa shape index (κ1) is 8.25. The van der Waals surface area contributed by atoms with E-state index in [2.05, 4.69) is 32.6 Å². The van der Waals surface area contributed by atoms with Gasteiger partial charge in [0.15, 0.2) is 9.48 Å². The smallest absolute Gasteiger partial charge is 0.173 e. The van der Waals surface area contributed by atoms with Gasteiger partial charge in [-0.05, 0) is 6.07 Å². The van der Waals surface area contributed by atoms with Crippen molar-refractivity contribution in [1.29, 1.82) is 0 Å². The minimum absolute atomic E-state index is 0.651. The summed E-state index contributed by atoms with van der Waals surface area (Å²) in [5.74, 6) is 0. The van der Waals surface area contributed by atoms with Crippen molar-refractivity contribution in [3.63, 3.8) is 0 Å². The van der Waals surface area contributed by atoms with Gasteiger partial charge in [-0.3, -0.25) is 0 Å². The van der Waals surface area contributed by atoms with Gasteiger partial charge in [-0.15, -0.1) is 0 Å². The highest BCUT2D eigenvalue weighted by Crippen LogP contribution is 2.21. The molecule has 62 valence electrons. The van der Waals surface area contributed by atoms with E-state index < -0.39 is 0 Å². The maximum Gasteiger partial charge on any atom is 0.173 e. The number of aromatic nitrogens is 3. The monoisotopic (exact) mass is 293 g/mol. The third-order valence-corrected chi connectivity index (χ3v) is 2.92. The topological polar surface area (TPSA) is 30.7 Å². The fraction of sp³-hybridized carbons (Fsp3) is 0.143. The quantitative estimate of drug-likeness (QED) is 0.697. The van der Waals surface area contributed by atoms with Crippen LogP contribution in [0.15, 0.2) is 12.3 Å². The first-order valence-corrected chi connectivity index (χ1v) is 4.78. The van der Waals surface area contributed by atoms with Crippen molar-refractivity contribution >= 4 is 45.4 Å². The van der Waals surface area contributed by atoms with Crippen LogP contribution in [-0.4, -0.2) is 14.5 Å². The molecule has 0 saturated heterocycles. The molecule has 0 bridgehead atoms. The summed E-state index contributed by atoms with van der Waals surface area (Å²) >= 11 is 8.07. The lowest BCUT2D eigenvalue weighted by Gasteiger charge is -1.93. The van der Waals surface area contributed by atoms with Crippen molar-refractivity contribution in [2.45, 2.75) is 0 Å². The van der Waals surface area contributed by atoms with E-state index in [9.17, 15) is 0 Å². The van der Waals surface area contributed by atoms with Gasteiger partial charge in [0.2, 0.25) is 0 Å². The molecule has 0 saturated carbocycles. The van der Waals surface area contributed by atoms with Crippen LogP contribution in [0.1, 0.15) is 0 Å². The summed E-state index contributed by atoms with van der Waals surface area (Å²) in [6.07, 6.45) is 1.68. The highest BCUT2D eigenvalue weighted by atomic mass is 127. The Morgan fingerprint density at radius 3 is 3.00 bits per heavy atom. The molecular formula is C7H5ClIN3. The summed E-state index contributed by atoms with van der Waals surface area (Å²) in [6, 6.07) is 1.74. The molecule has 0 aromatic carbocycles. The molecule has 0 spiro atoms. The summed E-state index contributed by atoms with van der Waals surface area (Å²) in [6.45, 7) is 0. The van der Waals surface area contributed by atoms with Crippen LogP contribution in [0.3, 0.4) is 0 Å². The van der Waals surface area contributed by atoms with Crippen molar-refractivity contribution in [1.82, 2.24) is 14.5 Å². The molecule has 2 rings (SSSR count). The van der Waals surface area contributed by atoms with Crippen LogP contribution in [0.4, 0.5) is 0 Å². The van der Waals surface area contributed by atoms with Gasteiger partial charge < -0.3 is 4.57 Å². The summed E-state index contributed by atoms with van der Waals surface area (Å²) in [7, 11) is 1.92. The van der Waals surface area contributed by atoms with Gasteiger partial charge in [0.05, 0.1) is 5.02 Å². The Bertz CT molecular complexity index is 437. The predicted molar refractivity (Wildman–Crippen MR) is 56.2 cm³/mol. The van der Waals surface area contributed by atoms with Gasteiger partial charge in [-0.1, -0.05) is 11.6 Å². The normalized spacial score (nSPS) is 10.9. The Balaban J connectivity index is 2.95. The number of hydrogen-bond acceptors (Lipinski definition) is 2. The van der Waals surface area contributed by atoms with E-state index in [1.165, 1.54) is 0 Å². The summed E-state index contributed by atoms with van der Waals surface area (Å²) in [5, 5.41) is 0.651. The third kappa shape index (κ3) is 1.09. The molecule has 0 aliphatic heterocycles. The average Bonchev–Trinajstić information content (AvgIpc) is 2.32. The number of rotatable bonds is 0. The first-order valence-electron chi connectivity index (χ1n) is 3.32. The second kappa shape index (κ2) is 2.85. The van der Waals surface area contributed by atoms with Crippen LogP contribution >= 0.6 is 34.2 Å². The zero-order valence-electron chi connectivity index (χ0n) is 6.25. The Labute approximate surface area is 87.9 Å². The number of nitrogens with zero attached hydrogens (tertiary/aromatic N) is 3. The second-order valence-corrected chi connectivity index (χ2v) is 3.78. The Kier molecular flexibility index (Phi) is 1.96. The van der Waals surface area contributed by atoms with E-state index in [4.69, 9.17) is 11.6 Å². The SMILES string of the molecule is Cn1c(I)nc2c(Cl)ccnc21. The lowest BCUT2D eigenvalue weighted by atomic mass is 10.4. The first-order chi connectivity index (χ1) is 5.70. The Morgan fingerprint density at radius 1 is 1.58 bits per heavy atom. The standard InChI is InChI=1S/C7H5ClIN3/c1-12-6-5(11-7(12)9)4(8)2-3-10-6/h2-3H,1H3. The molecular weight excluding hydrogens is 288 g/mol. The zero-order chi connectivity index (χ0) is 8.72. The molecule has 0 radical (unpaired) electrons. The van der Waals surface area contributed by atoms with E-state index in [-0.39, 0.29) is 0 Å². The van der Waals surface area contributed by atoms with Crippen molar-refractivity contribution in [3.05, 3.63) is 21.1 Å². The maximum atomic E-state index is 5.92. The van der Waals surface area contributed by atoms with E-state index in [0.717, 1.165) is 15.0 Å². The van der Waals surface area contributed by atoms with Crippen LogP contribution in [0.2, 0.25) is 5.02 Å². The van der Waals surface area contributed by atoms with Crippen molar-refractivity contribution in [2.75, 3.05) is 0 Å². The highest BCUT2D eigenvalue weighted by molar-refractivity contribution is 14.1. The number of fused-ring (bicyclic) bond motifs is 1. The molecule has 2 aromatic heterocycles. The van der Waals surface area contributed by atoms with E-state index >= 15 is 0 Å². The Hall–Kier alpha value is -0.360. The lowest BCUT2D eigenvalue weighted by molar-refractivity contribution is 0.894. The zero-order valence-corrected chi connectivity index (χ0v) is 9.17. The lowest BCUT2D eigenvalue weighted by Crippen LogP contribution is -1.91. The molecule has 0 amide bonds. The fourth-order valence-electron chi connectivity index (χ4n) is 1.02. The summed E-state index contributed by atoms with van der Waals surface area (Å²) in [5.41, 5.74) is 1.60. The fourth-order valence-corrected chi connectivity index (χ4v) is 1.68. The molecule has 2 heterocycles. The summed E-state index contributed by atoms with van der Waals surface area (Å²) in [4.78, 5) is 8.44. The van der Waals surface area contributed by atoms with E-state index in [1.807, 2.05) is 11.6 Å². The molecule has 0 atom stereocenters. The molecule has 0 aliphatic rings. The Morgan fingerprint density at radius 2 is 2.33 bits per heavy atom. The summed E-state index contributed by atoms with van der Waals surface area (Å²) < 4.78 is 2.80. The number of halogens is 2. The minimum Gasteiger partial charge on any atom is -0.307 e. The number of hydrogen-bond donors (Lipinski definition) is 0. The van der Waals surface area contributed by atoms with Crippen LogP contribution in [0.5, 0.6) is 0 Å². The van der Waals surface area contributed by atoms with Crippen molar-refractivity contribution < 1.29 is 0 Å². The van der Waals surface area contributed by atoms with Crippen LogP contribution in [-0.2, 0) is 7.05 Å². The van der Waals surface area contributed by atoms with Gasteiger partial charge in [0, 0.05) is 35.8 Å². The van der Waals surface area contributed by atoms with Gasteiger partial charge >= 0.3 is 0 Å².